The van der Waals surface area contributed by atoms with Gasteiger partial charge in [0.1, 0.15) is 6.33 Å². The third-order valence-corrected chi connectivity index (χ3v) is 4.87. The number of hydrogen-bond donors (Lipinski definition) is 1. The van der Waals surface area contributed by atoms with Crippen LogP contribution < -0.4 is 5.73 Å². The first-order valence-electron chi connectivity index (χ1n) is 8.13. The smallest absolute Gasteiger partial charge is 0.368 e. The van der Waals surface area contributed by atoms with Gasteiger partial charge in [-0.25, -0.2) is 9.97 Å². The molecule has 0 unspecified atom stereocenters. The van der Waals surface area contributed by atoms with Crippen LogP contribution in [0.5, 0.6) is 0 Å². The van der Waals surface area contributed by atoms with Crippen molar-refractivity contribution in [2.24, 2.45) is 0 Å². The molecule has 0 fully saturated rings. The highest BCUT2D eigenvalue weighted by atomic mass is 32.2. The summed E-state index contributed by atoms with van der Waals surface area (Å²) in [5.74, 6) is 0.898. The zero-order valence-corrected chi connectivity index (χ0v) is 15.1. The first-order chi connectivity index (χ1) is 13.4. The monoisotopic (exact) mass is 402 g/mol. The molecule has 0 aliphatic heterocycles. The van der Waals surface area contributed by atoms with Crippen molar-refractivity contribution in [3.05, 3.63) is 66.0 Å². The van der Waals surface area contributed by atoms with E-state index in [1.54, 1.807) is 6.07 Å². The number of rotatable bonds is 4. The van der Waals surface area contributed by atoms with Gasteiger partial charge in [0.2, 0.25) is 11.1 Å². The second-order valence-electron chi connectivity index (χ2n) is 5.87. The molecule has 0 aliphatic rings. The van der Waals surface area contributed by atoms with E-state index in [1.165, 1.54) is 28.8 Å². The molecule has 0 spiro atoms. The number of thioether (sulfide) groups is 1. The van der Waals surface area contributed by atoms with Crippen molar-refractivity contribution in [1.82, 2.24) is 24.7 Å². The normalized spacial score (nSPS) is 11.8. The van der Waals surface area contributed by atoms with Gasteiger partial charge in [0.05, 0.1) is 11.1 Å². The van der Waals surface area contributed by atoms with E-state index in [4.69, 9.17) is 5.73 Å². The number of halogens is 3. The van der Waals surface area contributed by atoms with Crippen LogP contribution in [0.15, 0.2) is 60.0 Å². The molecule has 142 valence electrons. The van der Waals surface area contributed by atoms with Gasteiger partial charge in [-0.2, -0.15) is 22.8 Å². The van der Waals surface area contributed by atoms with Crippen LogP contribution in [-0.2, 0) is 11.9 Å². The number of nitrogen functional groups attached to an aromatic ring is 1. The quantitative estimate of drug-likeness (QED) is 0.518. The average Bonchev–Trinajstić information content (AvgIpc) is 3.06. The second-order valence-corrected chi connectivity index (χ2v) is 6.81. The Balaban J connectivity index is 1.59. The molecule has 10 heteroatoms. The maximum Gasteiger partial charge on any atom is 0.416 e. The number of para-hydroxylation sites is 1. The highest BCUT2D eigenvalue weighted by Gasteiger charge is 2.30. The van der Waals surface area contributed by atoms with Crippen LogP contribution in [0.1, 0.15) is 11.1 Å². The molecule has 0 atom stereocenters. The zero-order valence-electron chi connectivity index (χ0n) is 14.3. The Bertz CT molecular complexity index is 1140. The maximum atomic E-state index is 12.8. The Hall–Kier alpha value is -3.14. The standard InChI is InChI=1S/C18H13F3N6S/c19-18(20,21)12-5-3-4-11(8-12)9-28-17-25-16(22)27(26-17)15-13-6-1-2-7-14(13)23-10-24-15/h1-8,10H,9H2,(H2,22,25,26). The summed E-state index contributed by atoms with van der Waals surface area (Å²) in [7, 11) is 0. The van der Waals surface area contributed by atoms with Crippen LogP contribution in [-0.4, -0.2) is 24.7 Å². The van der Waals surface area contributed by atoms with Crippen molar-refractivity contribution in [3.63, 3.8) is 0 Å². The molecule has 2 N–H and O–H groups in total. The van der Waals surface area contributed by atoms with E-state index in [2.05, 4.69) is 20.1 Å². The molecule has 4 aromatic rings. The van der Waals surface area contributed by atoms with Crippen LogP contribution in [0.4, 0.5) is 19.1 Å². The molecule has 4 rings (SSSR count). The number of aromatic nitrogens is 5. The van der Waals surface area contributed by atoms with E-state index in [0.717, 1.165) is 23.0 Å². The van der Waals surface area contributed by atoms with Gasteiger partial charge in [-0.15, -0.1) is 5.10 Å². The van der Waals surface area contributed by atoms with Crippen molar-refractivity contribution >= 4 is 28.6 Å². The molecule has 0 aliphatic carbocycles. The Labute approximate surface area is 161 Å². The number of alkyl halides is 3. The molecule has 0 bridgehead atoms. The fourth-order valence-electron chi connectivity index (χ4n) is 2.67. The lowest BCUT2D eigenvalue weighted by molar-refractivity contribution is -0.137. The molecular formula is C18H13F3N6S. The van der Waals surface area contributed by atoms with Crippen molar-refractivity contribution in [2.45, 2.75) is 17.1 Å². The summed E-state index contributed by atoms with van der Waals surface area (Å²) in [6.07, 6.45) is -2.97. The van der Waals surface area contributed by atoms with E-state index in [-0.39, 0.29) is 11.7 Å². The minimum atomic E-state index is -4.38. The summed E-state index contributed by atoms with van der Waals surface area (Å²) in [6.45, 7) is 0. The molecule has 0 radical (unpaired) electrons. The van der Waals surface area contributed by atoms with E-state index < -0.39 is 11.7 Å². The number of anilines is 1. The number of fused-ring (bicyclic) bond motifs is 1. The number of hydrogen-bond acceptors (Lipinski definition) is 6. The van der Waals surface area contributed by atoms with Crippen LogP contribution >= 0.6 is 11.8 Å². The third kappa shape index (κ3) is 3.63. The summed E-state index contributed by atoms with van der Waals surface area (Å²) in [5, 5.41) is 5.45. The number of nitrogens with zero attached hydrogens (tertiary/aromatic N) is 5. The Kier molecular flexibility index (Phi) is 4.63. The third-order valence-electron chi connectivity index (χ3n) is 3.96. The minimum Gasteiger partial charge on any atom is -0.368 e. The van der Waals surface area contributed by atoms with Gasteiger partial charge in [-0.05, 0) is 23.8 Å². The topological polar surface area (TPSA) is 82.5 Å². The summed E-state index contributed by atoms with van der Waals surface area (Å²) >= 11 is 1.19. The van der Waals surface area contributed by atoms with Gasteiger partial charge in [-0.3, -0.25) is 0 Å². The first kappa shape index (κ1) is 18.2. The summed E-state index contributed by atoms with van der Waals surface area (Å²) in [5.41, 5.74) is 6.55. The molecular weight excluding hydrogens is 389 g/mol. The van der Waals surface area contributed by atoms with E-state index >= 15 is 0 Å². The van der Waals surface area contributed by atoms with Crippen LogP contribution in [0.25, 0.3) is 16.7 Å². The molecule has 2 heterocycles. The molecule has 0 saturated heterocycles. The van der Waals surface area contributed by atoms with Gasteiger partial charge in [0.25, 0.3) is 0 Å². The lowest BCUT2D eigenvalue weighted by Crippen LogP contribution is -2.05. The Morgan fingerprint density at radius 2 is 1.86 bits per heavy atom. The highest BCUT2D eigenvalue weighted by Crippen LogP contribution is 2.31. The zero-order chi connectivity index (χ0) is 19.7. The van der Waals surface area contributed by atoms with Crippen LogP contribution in [0, 0.1) is 0 Å². The molecule has 2 aromatic carbocycles. The summed E-state index contributed by atoms with van der Waals surface area (Å²) in [6, 6.07) is 12.6. The Morgan fingerprint density at radius 3 is 2.68 bits per heavy atom. The van der Waals surface area contributed by atoms with Crippen molar-refractivity contribution in [3.8, 4) is 5.82 Å². The van der Waals surface area contributed by atoms with Gasteiger partial charge < -0.3 is 5.73 Å². The van der Waals surface area contributed by atoms with Gasteiger partial charge in [-0.1, -0.05) is 42.1 Å². The molecule has 28 heavy (non-hydrogen) atoms. The predicted molar refractivity (Wildman–Crippen MR) is 99.9 cm³/mol. The number of nitrogens with two attached hydrogens (primary N) is 1. The lowest BCUT2D eigenvalue weighted by Gasteiger charge is -2.07. The fraction of sp³-hybridized carbons (Fsp3) is 0.111. The van der Waals surface area contributed by atoms with E-state index in [0.29, 0.717) is 16.5 Å². The lowest BCUT2D eigenvalue weighted by atomic mass is 10.1. The largest absolute Gasteiger partial charge is 0.416 e. The van der Waals surface area contributed by atoms with Crippen LogP contribution in [0.3, 0.4) is 0 Å². The predicted octanol–water partition coefficient (Wildman–Crippen LogP) is 4.10. The van der Waals surface area contributed by atoms with E-state index in [1.807, 2.05) is 24.3 Å². The summed E-state index contributed by atoms with van der Waals surface area (Å²) in [4.78, 5) is 12.6. The minimum absolute atomic E-state index is 0.135. The number of benzene rings is 2. The second kappa shape index (κ2) is 7.12. The molecule has 0 amide bonds. The molecule has 2 aromatic heterocycles. The van der Waals surface area contributed by atoms with Crippen molar-refractivity contribution < 1.29 is 13.2 Å². The highest BCUT2D eigenvalue weighted by molar-refractivity contribution is 7.98. The molecule has 6 nitrogen and oxygen atoms in total. The van der Waals surface area contributed by atoms with Crippen molar-refractivity contribution in [2.75, 3.05) is 5.73 Å². The fourth-order valence-corrected chi connectivity index (χ4v) is 3.44. The Morgan fingerprint density at radius 1 is 1.04 bits per heavy atom. The first-order valence-corrected chi connectivity index (χ1v) is 9.12. The molecule has 0 saturated carbocycles. The summed E-state index contributed by atoms with van der Waals surface area (Å²) < 4.78 is 39.9. The van der Waals surface area contributed by atoms with Crippen LogP contribution in [0.2, 0.25) is 0 Å². The van der Waals surface area contributed by atoms with Gasteiger partial charge in [0, 0.05) is 11.1 Å². The average molecular weight is 402 g/mol. The SMILES string of the molecule is Nc1nc(SCc2cccc(C(F)(F)F)c2)nn1-c1ncnc2ccccc12. The van der Waals surface area contributed by atoms with Crippen molar-refractivity contribution in [1.29, 1.82) is 0 Å². The maximum absolute atomic E-state index is 12.8. The van der Waals surface area contributed by atoms with Gasteiger partial charge in [0.15, 0.2) is 5.82 Å². The van der Waals surface area contributed by atoms with Gasteiger partial charge >= 0.3 is 6.18 Å². The van der Waals surface area contributed by atoms with E-state index in [9.17, 15) is 13.2 Å².